The molecule has 0 bridgehead atoms. The van der Waals surface area contributed by atoms with Crippen molar-refractivity contribution < 1.29 is 9.59 Å². The van der Waals surface area contributed by atoms with Crippen LogP contribution in [0.15, 0.2) is 12.4 Å². The number of hydrogen-bond acceptors (Lipinski definition) is 4. The molecule has 0 spiro atoms. The molecule has 3 amide bonds. The summed E-state index contributed by atoms with van der Waals surface area (Å²) in [4.78, 5) is 27.5. The van der Waals surface area contributed by atoms with E-state index in [1.807, 2.05) is 0 Å². The molecule has 1 fully saturated rings. The molecule has 8 nitrogen and oxygen atoms in total. The number of urea groups is 1. The molecule has 0 unspecified atom stereocenters. The van der Waals surface area contributed by atoms with Gasteiger partial charge in [-0.2, -0.15) is 0 Å². The van der Waals surface area contributed by atoms with E-state index in [0.29, 0.717) is 13.1 Å². The normalized spacial score (nSPS) is 18.1. The zero-order valence-corrected chi connectivity index (χ0v) is 13.2. The molecule has 2 rings (SSSR count). The Kier molecular flexibility index (Phi) is 5.74. The number of carbonyl (C=O) groups excluding carboxylic acids is 2. The number of amides is 3. The lowest BCUT2D eigenvalue weighted by atomic mass is 9.97. The van der Waals surface area contributed by atoms with Crippen molar-refractivity contribution in [3.8, 4) is 0 Å². The summed E-state index contributed by atoms with van der Waals surface area (Å²) < 4.78 is 1.74. The van der Waals surface area contributed by atoms with Crippen LogP contribution in [0.25, 0.3) is 0 Å². The number of nitrogens with one attached hydrogen (secondary N) is 1. The molecule has 0 aromatic carbocycles. The van der Waals surface area contributed by atoms with Gasteiger partial charge in [0.2, 0.25) is 5.91 Å². The van der Waals surface area contributed by atoms with Gasteiger partial charge in [0.1, 0.15) is 0 Å². The van der Waals surface area contributed by atoms with E-state index in [4.69, 9.17) is 0 Å². The highest BCUT2D eigenvalue weighted by Gasteiger charge is 2.28. The number of piperidine rings is 1. The van der Waals surface area contributed by atoms with Gasteiger partial charge in [-0.25, -0.2) is 4.79 Å². The zero-order chi connectivity index (χ0) is 15.9. The van der Waals surface area contributed by atoms with Gasteiger partial charge in [0.05, 0.1) is 12.1 Å². The van der Waals surface area contributed by atoms with Gasteiger partial charge >= 0.3 is 6.03 Å². The van der Waals surface area contributed by atoms with Gasteiger partial charge in [0.25, 0.3) is 0 Å². The van der Waals surface area contributed by atoms with Crippen LogP contribution in [0.5, 0.6) is 0 Å². The van der Waals surface area contributed by atoms with Crippen molar-refractivity contribution >= 4 is 11.9 Å². The number of aromatic nitrogens is 3. The number of likely N-dealkylation sites (tertiary alicyclic amines) is 1. The zero-order valence-electron chi connectivity index (χ0n) is 13.2. The third-order valence-electron chi connectivity index (χ3n) is 3.78. The number of nitrogens with zero attached hydrogens (tertiary/aromatic N) is 5. The molecule has 0 aliphatic carbocycles. The van der Waals surface area contributed by atoms with Gasteiger partial charge in [-0.3, -0.25) is 9.48 Å². The summed E-state index contributed by atoms with van der Waals surface area (Å²) in [5.74, 6) is -0.0705. The SMILES string of the molecule is CN(C)C(=O)N1CCC[C@@H](C(=O)NCCCn2ccnn2)C1. The van der Waals surface area contributed by atoms with Gasteiger partial charge in [-0.05, 0) is 19.3 Å². The van der Waals surface area contributed by atoms with Crippen molar-refractivity contribution in [1.82, 2.24) is 30.1 Å². The predicted molar refractivity (Wildman–Crippen MR) is 81.0 cm³/mol. The van der Waals surface area contributed by atoms with Crippen LogP contribution in [0.4, 0.5) is 4.79 Å². The fourth-order valence-corrected chi connectivity index (χ4v) is 2.60. The second kappa shape index (κ2) is 7.77. The minimum Gasteiger partial charge on any atom is -0.356 e. The van der Waals surface area contributed by atoms with E-state index >= 15 is 0 Å². The van der Waals surface area contributed by atoms with Crippen LogP contribution in [0.3, 0.4) is 0 Å². The van der Waals surface area contributed by atoms with E-state index in [2.05, 4.69) is 15.6 Å². The molecule has 1 aromatic rings. The molecule has 2 heterocycles. The van der Waals surface area contributed by atoms with Crippen molar-refractivity contribution in [3.63, 3.8) is 0 Å². The molecular weight excluding hydrogens is 284 g/mol. The lowest BCUT2D eigenvalue weighted by Crippen LogP contribution is -2.48. The van der Waals surface area contributed by atoms with E-state index in [9.17, 15) is 9.59 Å². The van der Waals surface area contributed by atoms with Gasteiger partial charge in [-0.15, -0.1) is 5.10 Å². The van der Waals surface area contributed by atoms with Gasteiger partial charge < -0.3 is 15.1 Å². The van der Waals surface area contributed by atoms with Crippen LogP contribution < -0.4 is 5.32 Å². The van der Waals surface area contributed by atoms with Crippen LogP contribution >= 0.6 is 0 Å². The average molecular weight is 308 g/mol. The smallest absolute Gasteiger partial charge is 0.319 e. The van der Waals surface area contributed by atoms with E-state index in [-0.39, 0.29) is 17.9 Å². The third-order valence-corrected chi connectivity index (χ3v) is 3.78. The molecule has 1 N–H and O–H groups in total. The number of hydrogen-bond donors (Lipinski definition) is 1. The highest BCUT2D eigenvalue weighted by Crippen LogP contribution is 2.17. The molecular formula is C14H24N6O2. The predicted octanol–water partition coefficient (Wildman–Crippen LogP) is 0.178. The molecule has 22 heavy (non-hydrogen) atoms. The van der Waals surface area contributed by atoms with Crippen LogP contribution in [0.2, 0.25) is 0 Å². The lowest BCUT2D eigenvalue weighted by molar-refractivity contribution is -0.126. The quantitative estimate of drug-likeness (QED) is 0.787. The highest BCUT2D eigenvalue weighted by molar-refractivity contribution is 5.80. The first-order chi connectivity index (χ1) is 10.6. The molecule has 1 aliphatic rings. The number of rotatable bonds is 5. The maximum atomic E-state index is 12.2. The molecule has 1 atom stereocenters. The van der Waals surface area contributed by atoms with Gasteiger partial charge in [-0.1, -0.05) is 5.21 Å². The van der Waals surface area contributed by atoms with Crippen molar-refractivity contribution in [2.24, 2.45) is 5.92 Å². The number of aryl methyl sites for hydroxylation is 1. The Bertz CT molecular complexity index is 488. The summed E-state index contributed by atoms with van der Waals surface area (Å²) >= 11 is 0. The van der Waals surface area contributed by atoms with E-state index in [1.54, 1.807) is 41.0 Å². The molecule has 1 saturated heterocycles. The monoisotopic (exact) mass is 308 g/mol. The summed E-state index contributed by atoms with van der Waals surface area (Å²) in [6, 6.07) is -0.0244. The third kappa shape index (κ3) is 4.44. The largest absolute Gasteiger partial charge is 0.356 e. The van der Waals surface area contributed by atoms with Crippen LogP contribution in [0, 0.1) is 5.92 Å². The maximum absolute atomic E-state index is 12.2. The van der Waals surface area contributed by atoms with Crippen molar-refractivity contribution in [3.05, 3.63) is 12.4 Å². The molecule has 122 valence electrons. The van der Waals surface area contributed by atoms with Crippen LogP contribution in [0.1, 0.15) is 19.3 Å². The van der Waals surface area contributed by atoms with E-state index in [0.717, 1.165) is 32.4 Å². The van der Waals surface area contributed by atoms with Gasteiger partial charge in [0.15, 0.2) is 0 Å². The molecule has 0 saturated carbocycles. The van der Waals surface area contributed by atoms with Crippen LogP contribution in [-0.2, 0) is 11.3 Å². The summed E-state index contributed by atoms with van der Waals surface area (Å²) in [5.41, 5.74) is 0. The van der Waals surface area contributed by atoms with Gasteiger partial charge in [0, 0.05) is 46.5 Å². The second-order valence-corrected chi connectivity index (χ2v) is 5.77. The van der Waals surface area contributed by atoms with E-state index < -0.39 is 0 Å². The summed E-state index contributed by atoms with van der Waals surface area (Å²) in [6.45, 7) is 2.58. The Morgan fingerprint density at radius 3 is 2.91 bits per heavy atom. The first kappa shape index (κ1) is 16.3. The first-order valence-corrected chi connectivity index (χ1v) is 7.66. The molecule has 1 aliphatic heterocycles. The Hall–Kier alpha value is -2.12. The fourth-order valence-electron chi connectivity index (χ4n) is 2.60. The van der Waals surface area contributed by atoms with E-state index in [1.165, 1.54) is 0 Å². The van der Waals surface area contributed by atoms with Crippen molar-refractivity contribution in [2.75, 3.05) is 33.7 Å². The topological polar surface area (TPSA) is 83.4 Å². The molecule has 0 radical (unpaired) electrons. The minimum atomic E-state index is -0.107. The van der Waals surface area contributed by atoms with Crippen molar-refractivity contribution in [2.45, 2.75) is 25.8 Å². The first-order valence-electron chi connectivity index (χ1n) is 7.66. The summed E-state index contributed by atoms with van der Waals surface area (Å²) in [6.07, 6.45) is 5.95. The Balaban J connectivity index is 1.71. The second-order valence-electron chi connectivity index (χ2n) is 5.77. The fraction of sp³-hybridized carbons (Fsp3) is 0.714. The summed E-state index contributed by atoms with van der Waals surface area (Å²) in [5, 5.41) is 10.6. The standard InChI is InChI=1S/C14H24N6O2/c1-18(2)14(22)19-8-3-5-12(11-19)13(21)15-6-4-9-20-10-7-16-17-20/h7,10,12H,3-6,8-9,11H2,1-2H3,(H,15,21)/t12-/m1/s1. The minimum absolute atomic E-state index is 0.0244. The lowest BCUT2D eigenvalue weighted by Gasteiger charge is -2.33. The van der Waals surface area contributed by atoms with Crippen molar-refractivity contribution in [1.29, 1.82) is 0 Å². The summed E-state index contributed by atoms with van der Waals surface area (Å²) in [7, 11) is 3.46. The highest BCUT2D eigenvalue weighted by atomic mass is 16.2. The molecule has 8 heteroatoms. The average Bonchev–Trinajstić information content (AvgIpc) is 3.04. The van der Waals surface area contributed by atoms with Crippen LogP contribution in [-0.4, -0.2) is 70.5 Å². The molecule has 1 aromatic heterocycles. The Morgan fingerprint density at radius 2 is 2.23 bits per heavy atom. The Morgan fingerprint density at radius 1 is 1.41 bits per heavy atom. The maximum Gasteiger partial charge on any atom is 0.319 e. The number of carbonyl (C=O) groups is 2. The Labute approximate surface area is 130 Å².